The Labute approximate surface area is 166 Å². The number of rotatable bonds is 9. The Morgan fingerprint density at radius 2 is 2.07 bits per heavy atom. The third-order valence-corrected chi connectivity index (χ3v) is 4.51. The molecular formula is C19H22N5O5+. The molecule has 0 aliphatic heterocycles. The number of amides is 1. The number of carbonyl (C=O) groups is 1. The zero-order valence-corrected chi connectivity index (χ0v) is 16.1. The first-order chi connectivity index (χ1) is 14.0. The van der Waals surface area contributed by atoms with E-state index >= 15 is 0 Å². The number of aromatic nitrogens is 2. The van der Waals surface area contributed by atoms with E-state index in [1.165, 1.54) is 18.4 Å². The minimum atomic E-state index is -0.522. The summed E-state index contributed by atoms with van der Waals surface area (Å²) < 4.78 is 10.9. The van der Waals surface area contributed by atoms with Gasteiger partial charge in [0.1, 0.15) is 5.69 Å². The third-order valence-electron chi connectivity index (χ3n) is 4.51. The van der Waals surface area contributed by atoms with Crippen LogP contribution in [0.3, 0.4) is 0 Å². The molecule has 1 aromatic carbocycles. The average Bonchev–Trinajstić information content (AvgIpc) is 3.39. The Morgan fingerprint density at radius 1 is 1.28 bits per heavy atom. The van der Waals surface area contributed by atoms with Crippen molar-refractivity contribution < 1.29 is 23.5 Å². The summed E-state index contributed by atoms with van der Waals surface area (Å²) in [6.07, 6.45) is 2.35. The molecule has 0 bridgehead atoms. The summed E-state index contributed by atoms with van der Waals surface area (Å²) in [5.41, 5.74) is 0.0215. The predicted octanol–water partition coefficient (Wildman–Crippen LogP) is 2.06. The maximum atomic E-state index is 12.7. The van der Waals surface area contributed by atoms with Crippen LogP contribution in [0.2, 0.25) is 0 Å². The summed E-state index contributed by atoms with van der Waals surface area (Å²) in [4.78, 5) is 24.3. The van der Waals surface area contributed by atoms with E-state index in [-0.39, 0.29) is 23.2 Å². The molecule has 3 aromatic rings. The number of hydrogen-bond acceptors (Lipinski definition) is 7. The van der Waals surface area contributed by atoms with Gasteiger partial charge in [0.25, 0.3) is 23.4 Å². The molecule has 0 saturated heterocycles. The van der Waals surface area contributed by atoms with Gasteiger partial charge < -0.3 is 19.1 Å². The van der Waals surface area contributed by atoms with Crippen LogP contribution in [0.5, 0.6) is 0 Å². The maximum Gasteiger partial charge on any atom is 0.292 e. The van der Waals surface area contributed by atoms with Gasteiger partial charge in [0.15, 0.2) is 18.3 Å². The molecule has 2 aromatic heterocycles. The van der Waals surface area contributed by atoms with Gasteiger partial charge >= 0.3 is 0 Å². The van der Waals surface area contributed by atoms with Gasteiger partial charge in [-0.3, -0.25) is 14.9 Å². The standard InChI is InChI=1S/C19H21N5O5/c1-3-10-23(12-17-21-22-19(29-17)16-9-6-11-28-16)13(2)18(25)20-14-7-4-5-8-15(14)24(26)27/h4-9,11,13H,3,10,12H2,1-2H3,(H,20,25)/p+1/t13-/m0/s1. The summed E-state index contributed by atoms with van der Waals surface area (Å²) in [5, 5.41) is 21.8. The van der Waals surface area contributed by atoms with Gasteiger partial charge in [-0.1, -0.05) is 19.1 Å². The molecule has 10 heteroatoms. The Morgan fingerprint density at radius 3 is 2.76 bits per heavy atom. The molecule has 1 unspecified atom stereocenters. The Balaban J connectivity index is 1.71. The number of para-hydroxylation sites is 2. The molecule has 0 aliphatic rings. The van der Waals surface area contributed by atoms with Gasteiger partial charge in [0.05, 0.1) is 17.7 Å². The molecule has 29 heavy (non-hydrogen) atoms. The number of nitrogens with one attached hydrogen (secondary N) is 2. The molecule has 152 valence electrons. The fraction of sp³-hybridized carbons (Fsp3) is 0.316. The first kappa shape index (κ1) is 20.2. The summed E-state index contributed by atoms with van der Waals surface area (Å²) in [7, 11) is 0. The van der Waals surface area contributed by atoms with Crippen LogP contribution in [0.1, 0.15) is 26.2 Å². The number of hydrogen-bond donors (Lipinski definition) is 2. The maximum absolute atomic E-state index is 12.7. The average molecular weight is 400 g/mol. The molecule has 0 spiro atoms. The Hall–Kier alpha value is -3.53. The van der Waals surface area contributed by atoms with Crippen molar-refractivity contribution in [3.63, 3.8) is 0 Å². The molecule has 0 radical (unpaired) electrons. The minimum Gasteiger partial charge on any atom is -0.459 e. The molecule has 3 rings (SSSR count). The number of anilines is 1. The monoisotopic (exact) mass is 400 g/mol. The number of nitro groups is 1. The van der Waals surface area contributed by atoms with Gasteiger partial charge in [-0.05, 0) is 31.5 Å². The fourth-order valence-electron chi connectivity index (χ4n) is 2.96. The van der Waals surface area contributed by atoms with Crippen molar-refractivity contribution in [1.29, 1.82) is 0 Å². The topological polar surface area (TPSA) is 129 Å². The van der Waals surface area contributed by atoms with Crippen molar-refractivity contribution in [2.75, 3.05) is 11.9 Å². The normalized spacial score (nSPS) is 13.0. The largest absolute Gasteiger partial charge is 0.459 e. The first-order valence-electron chi connectivity index (χ1n) is 9.24. The number of furan rings is 1. The SMILES string of the molecule is CCC[NH+](Cc1nnc(-c2ccco2)o1)[C@@H](C)C(=O)Nc1ccccc1[N+](=O)[O-]. The molecule has 0 saturated carbocycles. The van der Waals surface area contributed by atoms with Gasteiger partial charge in [0, 0.05) is 6.07 Å². The highest BCUT2D eigenvalue weighted by molar-refractivity contribution is 5.95. The molecule has 0 aliphatic carbocycles. The van der Waals surface area contributed by atoms with Crippen LogP contribution in [0.4, 0.5) is 11.4 Å². The lowest BCUT2D eigenvalue weighted by molar-refractivity contribution is -0.928. The van der Waals surface area contributed by atoms with Crippen LogP contribution in [0.15, 0.2) is 51.5 Å². The quantitative estimate of drug-likeness (QED) is 0.415. The Bertz CT molecular complexity index is 969. The number of quaternary nitrogens is 1. The molecule has 1 amide bonds. The van der Waals surface area contributed by atoms with E-state index in [1.54, 1.807) is 31.2 Å². The smallest absolute Gasteiger partial charge is 0.292 e. The van der Waals surface area contributed by atoms with Gasteiger partial charge in [-0.25, -0.2) is 0 Å². The van der Waals surface area contributed by atoms with Crippen molar-refractivity contribution in [2.24, 2.45) is 0 Å². The summed E-state index contributed by atoms with van der Waals surface area (Å²) in [6, 6.07) is 9.01. The number of benzene rings is 1. The highest BCUT2D eigenvalue weighted by Crippen LogP contribution is 2.23. The highest BCUT2D eigenvalue weighted by atomic mass is 16.6. The molecule has 0 fully saturated rings. The lowest BCUT2D eigenvalue weighted by Crippen LogP contribution is -3.15. The van der Waals surface area contributed by atoms with Gasteiger partial charge in [-0.2, -0.15) is 0 Å². The Kier molecular flexibility index (Phi) is 6.35. The van der Waals surface area contributed by atoms with Crippen LogP contribution in [-0.4, -0.2) is 33.6 Å². The van der Waals surface area contributed by atoms with Crippen LogP contribution < -0.4 is 10.2 Å². The highest BCUT2D eigenvalue weighted by Gasteiger charge is 2.28. The molecular weight excluding hydrogens is 378 g/mol. The number of nitrogens with zero attached hydrogens (tertiary/aromatic N) is 3. The molecule has 2 heterocycles. The van der Waals surface area contributed by atoms with Gasteiger partial charge in [-0.15, -0.1) is 10.2 Å². The molecule has 2 atom stereocenters. The number of nitro benzene ring substituents is 1. The van der Waals surface area contributed by atoms with E-state index in [2.05, 4.69) is 15.5 Å². The van der Waals surface area contributed by atoms with Crippen molar-refractivity contribution >= 4 is 17.3 Å². The molecule has 2 N–H and O–H groups in total. The van der Waals surface area contributed by atoms with E-state index in [4.69, 9.17) is 8.83 Å². The van der Waals surface area contributed by atoms with Crippen molar-refractivity contribution in [3.8, 4) is 11.7 Å². The van der Waals surface area contributed by atoms with Crippen LogP contribution >= 0.6 is 0 Å². The number of carbonyl (C=O) groups excluding carboxylic acids is 1. The zero-order chi connectivity index (χ0) is 20.8. The van der Waals surface area contributed by atoms with Gasteiger partial charge in [0.2, 0.25) is 0 Å². The van der Waals surface area contributed by atoms with E-state index < -0.39 is 11.0 Å². The fourth-order valence-corrected chi connectivity index (χ4v) is 2.96. The predicted molar refractivity (Wildman–Crippen MR) is 103 cm³/mol. The zero-order valence-electron chi connectivity index (χ0n) is 16.1. The van der Waals surface area contributed by atoms with E-state index in [9.17, 15) is 14.9 Å². The van der Waals surface area contributed by atoms with Crippen LogP contribution in [0.25, 0.3) is 11.7 Å². The minimum absolute atomic E-state index is 0.148. The summed E-state index contributed by atoms with van der Waals surface area (Å²) in [6.45, 7) is 4.80. The second-order valence-corrected chi connectivity index (χ2v) is 6.55. The van der Waals surface area contributed by atoms with Crippen LogP contribution in [-0.2, 0) is 11.3 Å². The summed E-state index contributed by atoms with van der Waals surface area (Å²) in [5.74, 6) is 0.805. The molecule has 10 nitrogen and oxygen atoms in total. The summed E-state index contributed by atoms with van der Waals surface area (Å²) >= 11 is 0. The third kappa shape index (κ3) is 4.85. The van der Waals surface area contributed by atoms with E-state index in [0.717, 1.165) is 11.3 Å². The van der Waals surface area contributed by atoms with Crippen molar-refractivity contribution in [2.45, 2.75) is 32.9 Å². The van der Waals surface area contributed by atoms with Crippen molar-refractivity contribution in [1.82, 2.24) is 10.2 Å². The van der Waals surface area contributed by atoms with Crippen molar-refractivity contribution in [3.05, 3.63) is 58.7 Å². The van der Waals surface area contributed by atoms with E-state index in [1.807, 2.05) is 6.92 Å². The second-order valence-electron chi connectivity index (χ2n) is 6.55. The lowest BCUT2D eigenvalue weighted by atomic mass is 10.2. The second kappa shape index (κ2) is 9.11. The first-order valence-corrected chi connectivity index (χ1v) is 9.24. The van der Waals surface area contributed by atoms with E-state index in [0.29, 0.717) is 24.7 Å². The lowest BCUT2D eigenvalue weighted by Gasteiger charge is -2.23. The van der Waals surface area contributed by atoms with Crippen LogP contribution in [0, 0.1) is 10.1 Å².